The molecule has 0 unspecified atom stereocenters. The lowest BCUT2D eigenvalue weighted by molar-refractivity contribution is 0.0692. The van der Waals surface area contributed by atoms with Crippen molar-refractivity contribution in [1.82, 2.24) is 9.97 Å². The largest absolute Gasteiger partial charge is 0.477 e. The lowest BCUT2D eigenvalue weighted by Gasteiger charge is -2.08. The highest BCUT2D eigenvalue weighted by molar-refractivity contribution is 7.98. The number of benzene rings is 1. The van der Waals surface area contributed by atoms with Gasteiger partial charge in [-0.15, -0.1) is 0 Å². The first kappa shape index (κ1) is 14.3. The van der Waals surface area contributed by atoms with Crippen LogP contribution in [0.2, 0.25) is 0 Å². The molecule has 0 spiro atoms. The molecule has 0 atom stereocenters. The van der Waals surface area contributed by atoms with Crippen molar-refractivity contribution in [3.63, 3.8) is 0 Å². The average molecular weight is 290 g/mol. The number of hydrogen-bond donors (Lipinski definition) is 1. The van der Waals surface area contributed by atoms with Gasteiger partial charge in [0.25, 0.3) is 0 Å². The van der Waals surface area contributed by atoms with Gasteiger partial charge in [-0.2, -0.15) is 4.98 Å². The minimum absolute atomic E-state index is 0.0534. The van der Waals surface area contributed by atoms with Gasteiger partial charge in [0.15, 0.2) is 5.16 Å². The fourth-order valence-electron chi connectivity index (χ4n) is 1.58. The summed E-state index contributed by atoms with van der Waals surface area (Å²) >= 11 is 1.32. The van der Waals surface area contributed by atoms with E-state index in [1.165, 1.54) is 23.5 Å². The molecule has 0 fully saturated rings. The number of hydrogen-bond acceptors (Lipinski definition) is 5. The third kappa shape index (κ3) is 3.27. The predicted octanol–water partition coefficient (Wildman–Crippen LogP) is 3.25. The van der Waals surface area contributed by atoms with Gasteiger partial charge in [0.2, 0.25) is 5.88 Å². The molecule has 5 nitrogen and oxygen atoms in total. The quantitative estimate of drug-likeness (QED) is 0.673. The molecule has 1 aromatic heterocycles. The summed E-state index contributed by atoms with van der Waals surface area (Å²) in [6.07, 6.45) is 4.01. The maximum absolute atomic E-state index is 11.1. The van der Waals surface area contributed by atoms with Gasteiger partial charge in [-0.3, -0.25) is 0 Å². The van der Waals surface area contributed by atoms with Crippen LogP contribution in [0.3, 0.4) is 0 Å². The topological polar surface area (TPSA) is 72.3 Å². The Kier molecular flexibility index (Phi) is 4.57. The first-order valence-corrected chi connectivity index (χ1v) is 7.27. The van der Waals surface area contributed by atoms with Crippen molar-refractivity contribution in [3.05, 3.63) is 41.6 Å². The van der Waals surface area contributed by atoms with Crippen LogP contribution >= 0.6 is 11.8 Å². The minimum Gasteiger partial charge on any atom is -0.477 e. The number of carboxylic acid groups (broad SMARTS) is 1. The third-order valence-electron chi connectivity index (χ3n) is 2.69. The van der Waals surface area contributed by atoms with Crippen LogP contribution in [0, 0.1) is 0 Å². The molecule has 0 amide bonds. The van der Waals surface area contributed by atoms with E-state index in [0.717, 1.165) is 6.42 Å². The zero-order chi connectivity index (χ0) is 14.5. The number of aryl methyl sites for hydroxylation is 1. The standard InChI is InChI=1S/C14H14N2O3S/c1-3-9-4-6-10(7-5-9)19-12-11(13(17)18)8-15-14(16-12)20-2/h4-8H,3H2,1-2H3,(H,17,18). The van der Waals surface area contributed by atoms with Crippen LogP contribution in [0.1, 0.15) is 22.8 Å². The molecular weight excluding hydrogens is 276 g/mol. The zero-order valence-corrected chi connectivity index (χ0v) is 12.0. The average Bonchev–Trinajstić information content (AvgIpc) is 2.47. The first-order chi connectivity index (χ1) is 9.63. The van der Waals surface area contributed by atoms with Crippen LogP contribution in [-0.4, -0.2) is 27.3 Å². The number of carboxylic acids is 1. The van der Waals surface area contributed by atoms with Crippen molar-refractivity contribution in [2.24, 2.45) is 0 Å². The van der Waals surface area contributed by atoms with E-state index in [9.17, 15) is 4.79 Å². The Balaban J connectivity index is 2.32. The molecule has 0 aliphatic heterocycles. The second-order valence-corrected chi connectivity index (χ2v) is 4.75. The second kappa shape index (κ2) is 6.38. The SMILES string of the molecule is CCc1ccc(Oc2nc(SC)ncc2C(=O)O)cc1. The van der Waals surface area contributed by atoms with Crippen LogP contribution < -0.4 is 4.74 Å². The zero-order valence-electron chi connectivity index (χ0n) is 11.2. The predicted molar refractivity (Wildman–Crippen MR) is 76.7 cm³/mol. The van der Waals surface area contributed by atoms with Crippen molar-refractivity contribution < 1.29 is 14.6 Å². The highest BCUT2D eigenvalue weighted by Crippen LogP contribution is 2.25. The summed E-state index contributed by atoms with van der Waals surface area (Å²) in [5.41, 5.74) is 1.13. The number of aromatic carboxylic acids is 1. The molecule has 2 aromatic rings. The Bertz CT molecular complexity index is 614. The van der Waals surface area contributed by atoms with E-state index >= 15 is 0 Å². The number of aromatic nitrogens is 2. The molecule has 0 aliphatic rings. The van der Waals surface area contributed by atoms with Crippen molar-refractivity contribution in [2.75, 3.05) is 6.26 Å². The maximum Gasteiger partial charge on any atom is 0.342 e. The second-order valence-electron chi connectivity index (χ2n) is 3.98. The molecule has 104 valence electrons. The number of rotatable bonds is 5. The van der Waals surface area contributed by atoms with Gasteiger partial charge in [-0.25, -0.2) is 9.78 Å². The van der Waals surface area contributed by atoms with Gasteiger partial charge < -0.3 is 9.84 Å². The highest BCUT2D eigenvalue weighted by Gasteiger charge is 2.15. The summed E-state index contributed by atoms with van der Waals surface area (Å²) in [4.78, 5) is 19.2. The summed E-state index contributed by atoms with van der Waals surface area (Å²) in [7, 11) is 0. The monoisotopic (exact) mass is 290 g/mol. The first-order valence-electron chi connectivity index (χ1n) is 6.05. The number of nitrogens with zero attached hydrogens (tertiary/aromatic N) is 2. The maximum atomic E-state index is 11.1. The number of ether oxygens (including phenoxy) is 1. The Morgan fingerprint density at radius 2 is 2.05 bits per heavy atom. The summed E-state index contributed by atoms with van der Waals surface area (Å²) < 4.78 is 5.57. The molecule has 2 rings (SSSR count). The van der Waals surface area contributed by atoms with E-state index in [2.05, 4.69) is 16.9 Å². The van der Waals surface area contributed by atoms with E-state index in [0.29, 0.717) is 10.9 Å². The fourth-order valence-corrected chi connectivity index (χ4v) is 1.91. The molecule has 20 heavy (non-hydrogen) atoms. The summed E-state index contributed by atoms with van der Waals surface area (Å²) in [6, 6.07) is 7.47. The van der Waals surface area contributed by atoms with Gasteiger partial charge >= 0.3 is 5.97 Å². The molecule has 0 saturated carbocycles. The molecule has 0 saturated heterocycles. The molecule has 1 heterocycles. The van der Waals surface area contributed by atoms with Crippen molar-refractivity contribution in [3.8, 4) is 11.6 Å². The molecule has 1 aromatic carbocycles. The van der Waals surface area contributed by atoms with Gasteiger partial charge in [0.05, 0.1) is 0 Å². The van der Waals surface area contributed by atoms with Crippen LogP contribution in [0.5, 0.6) is 11.6 Å². The Morgan fingerprint density at radius 1 is 1.35 bits per heavy atom. The molecule has 6 heteroatoms. The molecule has 0 radical (unpaired) electrons. The fraction of sp³-hybridized carbons (Fsp3) is 0.214. The van der Waals surface area contributed by atoms with Crippen molar-refractivity contribution in [1.29, 1.82) is 0 Å². The molecule has 1 N–H and O–H groups in total. The van der Waals surface area contributed by atoms with E-state index in [4.69, 9.17) is 9.84 Å². The van der Waals surface area contributed by atoms with Crippen molar-refractivity contribution >= 4 is 17.7 Å². The minimum atomic E-state index is -1.11. The number of carbonyl (C=O) groups is 1. The molecular formula is C14H14N2O3S. The van der Waals surface area contributed by atoms with Crippen LogP contribution in [0.4, 0.5) is 0 Å². The Morgan fingerprint density at radius 3 is 2.60 bits per heavy atom. The van der Waals surface area contributed by atoms with Gasteiger partial charge in [0, 0.05) is 6.20 Å². The van der Waals surface area contributed by atoms with Gasteiger partial charge in [-0.05, 0) is 30.4 Å². The molecule has 0 aliphatic carbocycles. The lowest BCUT2D eigenvalue weighted by atomic mass is 10.2. The van der Waals surface area contributed by atoms with Crippen LogP contribution in [-0.2, 0) is 6.42 Å². The summed E-state index contributed by atoms with van der Waals surface area (Å²) in [5.74, 6) is -0.505. The summed E-state index contributed by atoms with van der Waals surface area (Å²) in [5, 5.41) is 9.59. The lowest BCUT2D eigenvalue weighted by Crippen LogP contribution is -2.04. The smallest absolute Gasteiger partial charge is 0.342 e. The Labute approximate surface area is 121 Å². The van der Waals surface area contributed by atoms with Crippen LogP contribution in [0.25, 0.3) is 0 Å². The van der Waals surface area contributed by atoms with E-state index in [1.807, 2.05) is 18.4 Å². The highest BCUT2D eigenvalue weighted by atomic mass is 32.2. The Hall–Kier alpha value is -2.08. The third-order valence-corrected chi connectivity index (χ3v) is 3.25. The van der Waals surface area contributed by atoms with Crippen molar-refractivity contribution in [2.45, 2.75) is 18.5 Å². The normalized spacial score (nSPS) is 10.3. The van der Waals surface area contributed by atoms with Gasteiger partial charge in [-0.1, -0.05) is 30.8 Å². The van der Waals surface area contributed by atoms with E-state index in [1.54, 1.807) is 12.1 Å². The summed E-state index contributed by atoms with van der Waals surface area (Å²) in [6.45, 7) is 2.06. The van der Waals surface area contributed by atoms with Gasteiger partial charge in [0.1, 0.15) is 11.3 Å². The van der Waals surface area contributed by atoms with E-state index < -0.39 is 5.97 Å². The molecule has 0 bridgehead atoms. The van der Waals surface area contributed by atoms with Crippen LogP contribution in [0.15, 0.2) is 35.6 Å². The van der Waals surface area contributed by atoms with E-state index in [-0.39, 0.29) is 11.4 Å². The number of thioether (sulfide) groups is 1.